The van der Waals surface area contributed by atoms with Crippen molar-refractivity contribution in [3.63, 3.8) is 0 Å². The molecule has 0 amide bonds. The van der Waals surface area contributed by atoms with Crippen molar-refractivity contribution in [3.05, 3.63) is 24.0 Å². The summed E-state index contributed by atoms with van der Waals surface area (Å²) < 4.78 is 7.06. The monoisotopic (exact) mass is 326 g/mol. The van der Waals surface area contributed by atoms with Gasteiger partial charge < -0.3 is 15.4 Å². The summed E-state index contributed by atoms with van der Waals surface area (Å²) in [5.41, 5.74) is 7.60. The van der Waals surface area contributed by atoms with Crippen LogP contribution in [0.15, 0.2) is 18.2 Å². The zero-order chi connectivity index (χ0) is 16.7. The first-order valence-corrected chi connectivity index (χ1v) is 8.42. The predicted molar refractivity (Wildman–Crippen MR) is 93.3 cm³/mol. The molecule has 1 aliphatic heterocycles. The van der Waals surface area contributed by atoms with E-state index < -0.39 is 0 Å². The van der Waals surface area contributed by atoms with Gasteiger partial charge in [0.1, 0.15) is 11.3 Å². The summed E-state index contributed by atoms with van der Waals surface area (Å²) >= 11 is 0. The average molecular weight is 326 g/mol. The summed E-state index contributed by atoms with van der Waals surface area (Å²) in [6.07, 6.45) is 2.29. The highest BCUT2D eigenvalue weighted by Gasteiger charge is 2.25. The van der Waals surface area contributed by atoms with Crippen molar-refractivity contribution in [1.82, 2.24) is 24.5 Å². The van der Waals surface area contributed by atoms with Crippen LogP contribution in [0, 0.1) is 0 Å². The van der Waals surface area contributed by atoms with Gasteiger partial charge in [-0.25, -0.2) is 9.97 Å². The first kappa shape index (κ1) is 15.1. The summed E-state index contributed by atoms with van der Waals surface area (Å²) in [6, 6.07) is 5.80. The lowest BCUT2D eigenvalue weighted by Gasteiger charge is -2.30. The van der Waals surface area contributed by atoms with Crippen LogP contribution in [0.1, 0.15) is 31.5 Å². The Hall–Kier alpha value is -2.41. The summed E-state index contributed by atoms with van der Waals surface area (Å²) in [6.45, 7) is 5.42. The molecule has 3 heterocycles. The zero-order valence-corrected chi connectivity index (χ0v) is 14.1. The van der Waals surface area contributed by atoms with Crippen LogP contribution < -0.4 is 10.5 Å². The number of aromatic nitrogens is 4. The normalized spacial score (nSPS) is 19.2. The number of likely N-dealkylation sites (N-methyl/N-ethyl adjacent to an activating group) is 1. The van der Waals surface area contributed by atoms with Gasteiger partial charge in [-0.15, -0.1) is 5.10 Å². The Morgan fingerprint density at radius 1 is 1.33 bits per heavy atom. The SMILES string of the molecule is CCN1CCCC(c2nc3c4cccc(OC)c4nc(N)n3n2)C1. The highest BCUT2D eigenvalue weighted by Crippen LogP contribution is 2.30. The van der Waals surface area contributed by atoms with Gasteiger partial charge in [-0.1, -0.05) is 13.0 Å². The summed E-state index contributed by atoms with van der Waals surface area (Å²) in [7, 11) is 1.63. The molecule has 1 aromatic carbocycles. The lowest BCUT2D eigenvalue weighted by Crippen LogP contribution is -2.34. The van der Waals surface area contributed by atoms with E-state index in [0.717, 1.165) is 48.4 Å². The van der Waals surface area contributed by atoms with Gasteiger partial charge in [0.25, 0.3) is 0 Å². The van der Waals surface area contributed by atoms with E-state index in [2.05, 4.69) is 21.9 Å². The third-order valence-corrected chi connectivity index (χ3v) is 4.84. The van der Waals surface area contributed by atoms with Crippen molar-refractivity contribution in [2.24, 2.45) is 0 Å². The van der Waals surface area contributed by atoms with Gasteiger partial charge in [-0.3, -0.25) is 0 Å². The van der Waals surface area contributed by atoms with Gasteiger partial charge in [0, 0.05) is 17.8 Å². The van der Waals surface area contributed by atoms with Crippen LogP contribution in [0.25, 0.3) is 16.6 Å². The largest absolute Gasteiger partial charge is 0.494 e. The third kappa shape index (κ3) is 2.36. The van der Waals surface area contributed by atoms with Crippen LogP contribution in [0.3, 0.4) is 0 Å². The topological polar surface area (TPSA) is 81.6 Å². The second-order valence-electron chi connectivity index (χ2n) is 6.26. The van der Waals surface area contributed by atoms with Crippen molar-refractivity contribution >= 4 is 22.5 Å². The molecule has 0 saturated carbocycles. The van der Waals surface area contributed by atoms with Crippen LogP contribution in [0.5, 0.6) is 5.75 Å². The Kier molecular flexibility index (Phi) is 3.72. The predicted octanol–water partition coefficient (Wildman–Crippen LogP) is 2.07. The fourth-order valence-electron chi connectivity index (χ4n) is 3.53. The van der Waals surface area contributed by atoms with Gasteiger partial charge in [-0.2, -0.15) is 4.52 Å². The molecule has 24 heavy (non-hydrogen) atoms. The van der Waals surface area contributed by atoms with Crippen molar-refractivity contribution in [2.75, 3.05) is 32.5 Å². The quantitative estimate of drug-likeness (QED) is 0.793. The number of likely N-dealkylation sites (tertiary alicyclic amines) is 1. The number of piperidine rings is 1. The van der Waals surface area contributed by atoms with Gasteiger partial charge in [0.2, 0.25) is 5.95 Å². The standard InChI is InChI=1S/C17H22N6O/c1-3-22-9-5-6-11(10-22)15-20-16-12-7-4-8-13(24-2)14(12)19-17(18)23(16)21-15/h4,7-8,11H,3,5-6,9-10H2,1-2H3,(H2,18,19). The van der Waals surface area contributed by atoms with E-state index in [-0.39, 0.29) is 0 Å². The highest BCUT2D eigenvalue weighted by atomic mass is 16.5. The van der Waals surface area contributed by atoms with E-state index >= 15 is 0 Å². The van der Waals surface area contributed by atoms with Gasteiger partial charge in [0.05, 0.1) is 7.11 Å². The molecule has 1 aliphatic rings. The highest BCUT2D eigenvalue weighted by molar-refractivity contribution is 5.95. The number of para-hydroxylation sites is 1. The molecule has 0 radical (unpaired) electrons. The molecule has 0 bridgehead atoms. The number of hydrogen-bond acceptors (Lipinski definition) is 6. The minimum absolute atomic E-state index is 0.337. The van der Waals surface area contributed by atoms with E-state index in [0.29, 0.717) is 17.6 Å². The number of benzene rings is 1. The summed E-state index contributed by atoms with van der Waals surface area (Å²) in [5, 5.41) is 5.57. The Morgan fingerprint density at radius 2 is 2.21 bits per heavy atom. The Morgan fingerprint density at radius 3 is 3.00 bits per heavy atom. The molecule has 2 N–H and O–H groups in total. The summed E-state index contributed by atoms with van der Waals surface area (Å²) in [4.78, 5) is 11.7. The van der Waals surface area contributed by atoms with Gasteiger partial charge in [0.15, 0.2) is 11.5 Å². The number of rotatable bonds is 3. The fourth-order valence-corrected chi connectivity index (χ4v) is 3.53. The molecule has 1 fully saturated rings. The summed E-state index contributed by atoms with van der Waals surface area (Å²) in [5.74, 6) is 2.24. The van der Waals surface area contributed by atoms with E-state index in [4.69, 9.17) is 15.5 Å². The molecule has 3 aromatic rings. The molecular weight excluding hydrogens is 304 g/mol. The Balaban J connectivity index is 1.85. The van der Waals surface area contributed by atoms with Crippen molar-refractivity contribution in [1.29, 1.82) is 0 Å². The molecular formula is C17H22N6O. The fraction of sp³-hybridized carbons (Fsp3) is 0.471. The van der Waals surface area contributed by atoms with E-state index in [1.165, 1.54) is 6.42 Å². The maximum absolute atomic E-state index is 6.13. The van der Waals surface area contributed by atoms with Crippen LogP contribution in [-0.4, -0.2) is 51.2 Å². The van der Waals surface area contributed by atoms with Crippen molar-refractivity contribution in [3.8, 4) is 5.75 Å². The average Bonchev–Trinajstić information content (AvgIpc) is 3.08. The maximum atomic E-state index is 6.13. The van der Waals surface area contributed by atoms with Crippen molar-refractivity contribution < 1.29 is 4.74 Å². The zero-order valence-electron chi connectivity index (χ0n) is 14.1. The molecule has 1 saturated heterocycles. The molecule has 1 unspecified atom stereocenters. The number of ether oxygens (including phenoxy) is 1. The Labute approximate surface area is 140 Å². The minimum Gasteiger partial charge on any atom is -0.494 e. The van der Waals surface area contributed by atoms with Crippen LogP contribution in [-0.2, 0) is 0 Å². The van der Waals surface area contributed by atoms with Crippen molar-refractivity contribution in [2.45, 2.75) is 25.7 Å². The first-order chi connectivity index (χ1) is 11.7. The lowest BCUT2D eigenvalue weighted by molar-refractivity contribution is 0.214. The molecule has 2 aromatic heterocycles. The van der Waals surface area contributed by atoms with Gasteiger partial charge >= 0.3 is 0 Å². The number of hydrogen-bond donors (Lipinski definition) is 1. The second-order valence-corrected chi connectivity index (χ2v) is 6.26. The lowest BCUT2D eigenvalue weighted by atomic mass is 9.97. The molecule has 0 spiro atoms. The number of methoxy groups -OCH3 is 1. The molecule has 4 rings (SSSR count). The molecule has 1 atom stereocenters. The number of nitrogens with two attached hydrogens (primary N) is 1. The number of nitrogens with zero attached hydrogens (tertiary/aromatic N) is 5. The third-order valence-electron chi connectivity index (χ3n) is 4.84. The van der Waals surface area contributed by atoms with Crippen LogP contribution in [0.2, 0.25) is 0 Å². The van der Waals surface area contributed by atoms with Gasteiger partial charge in [-0.05, 0) is 38.1 Å². The Bertz CT molecular complexity index is 890. The molecule has 7 heteroatoms. The number of anilines is 1. The van der Waals surface area contributed by atoms with Crippen LogP contribution in [0.4, 0.5) is 5.95 Å². The molecule has 126 valence electrons. The van der Waals surface area contributed by atoms with E-state index in [1.807, 2.05) is 18.2 Å². The molecule has 0 aliphatic carbocycles. The molecule has 7 nitrogen and oxygen atoms in total. The van der Waals surface area contributed by atoms with E-state index in [9.17, 15) is 0 Å². The van der Waals surface area contributed by atoms with Crippen LogP contribution >= 0.6 is 0 Å². The maximum Gasteiger partial charge on any atom is 0.223 e. The first-order valence-electron chi connectivity index (χ1n) is 8.42. The number of nitrogen functional groups attached to an aromatic ring is 1. The minimum atomic E-state index is 0.337. The number of fused-ring (bicyclic) bond motifs is 3. The smallest absolute Gasteiger partial charge is 0.223 e. The van der Waals surface area contributed by atoms with E-state index in [1.54, 1.807) is 11.6 Å². The second kappa shape index (κ2) is 5.90.